The minimum Gasteiger partial charge on any atom is -0.314 e. The number of nitrogens with zero attached hydrogens (tertiary/aromatic N) is 1. The van der Waals surface area contributed by atoms with Gasteiger partial charge in [-0.25, -0.2) is 0 Å². The van der Waals surface area contributed by atoms with Gasteiger partial charge in [-0.3, -0.25) is 4.90 Å². The van der Waals surface area contributed by atoms with Crippen LogP contribution >= 0.6 is 48.0 Å². The van der Waals surface area contributed by atoms with Gasteiger partial charge in [-0.05, 0) is 17.0 Å². The van der Waals surface area contributed by atoms with E-state index in [0.29, 0.717) is 16.1 Å². The Hall–Kier alpha value is 0.300. The largest absolute Gasteiger partial charge is 0.314 e. The third-order valence-electron chi connectivity index (χ3n) is 3.61. The fourth-order valence-corrected chi connectivity index (χ4v) is 3.29. The average Bonchev–Trinajstić information content (AvgIpc) is 2.35. The normalized spacial score (nSPS) is 17.6. The Labute approximate surface area is 150 Å². The maximum absolute atomic E-state index is 6.44. The van der Waals surface area contributed by atoms with Crippen LogP contribution in [0.2, 0.25) is 10.0 Å². The van der Waals surface area contributed by atoms with Crippen LogP contribution in [0.3, 0.4) is 0 Å². The van der Waals surface area contributed by atoms with Gasteiger partial charge in [0.05, 0.1) is 10.0 Å². The molecule has 1 saturated heterocycles. The van der Waals surface area contributed by atoms with Crippen molar-refractivity contribution in [2.45, 2.75) is 26.8 Å². The molecule has 122 valence electrons. The minimum atomic E-state index is 0. The molecule has 0 unspecified atom stereocenters. The van der Waals surface area contributed by atoms with E-state index in [1.54, 1.807) is 0 Å². The second-order valence-electron chi connectivity index (χ2n) is 6.20. The lowest BCUT2D eigenvalue weighted by Crippen LogP contribution is -2.48. The first-order chi connectivity index (χ1) is 8.91. The quantitative estimate of drug-likeness (QED) is 0.798. The zero-order valence-electron chi connectivity index (χ0n) is 12.7. The van der Waals surface area contributed by atoms with Crippen LogP contribution < -0.4 is 5.32 Å². The third kappa shape index (κ3) is 5.16. The highest BCUT2D eigenvalue weighted by Gasteiger charge is 2.34. The molecule has 6 heteroatoms. The molecule has 0 saturated carbocycles. The zero-order chi connectivity index (χ0) is 14.0. The van der Waals surface area contributed by atoms with E-state index in [4.69, 9.17) is 23.2 Å². The van der Waals surface area contributed by atoms with E-state index in [9.17, 15) is 0 Å². The van der Waals surface area contributed by atoms with Crippen LogP contribution in [0.25, 0.3) is 0 Å². The number of hydrogen-bond acceptors (Lipinski definition) is 2. The number of benzene rings is 1. The Morgan fingerprint density at radius 2 is 1.67 bits per heavy atom. The molecule has 0 aliphatic carbocycles. The van der Waals surface area contributed by atoms with Crippen molar-refractivity contribution in [2.24, 2.45) is 5.41 Å². The molecule has 1 aliphatic rings. The van der Waals surface area contributed by atoms with Crippen molar-refractivity contribution >= 4 is 48.0 Å². The van der Waals surface area contributed by atoms with Gasteiger partial charge in [0.15, 0.2) is 0 Å². The van der Waals surface area contributed by atoms with Crippen LogP contribution in [0.4, 0.5) is 0 Å². The summed E-state index contributed by atoms with van der Waals surface area (Å²) in [5.41, 5.74) is 1.26. The maximum atomic E-state index is 6.44. The van der Waals surface area contributed by atoms with E-state index < -0.39 is 0 Å². The molecule has 0 bridgehead atoms. The van der Waals surface area contributed by atoms with Crippen LogP contribution in [-0.2, 0) is 0 Å². The molecule has 1 N–H and O–H groups in total. The third-order valence-corrected chi connectivity index (χ3v) is 4.45. The van der Waals surface area contributed by atoms with Gasteiger partial charge in [-0.15, -0.1) is 24.8 Å². The molecular weight excluding hydrogens is 350 g/mol. The molecule has 0 radical (unpaired) electrons. The fraction of sp³-hybridized carbons (Fsp3) is 0.600. The number of piperazine rings is 1. The molecule has 2 rings (SSSR count). The monoisotopic (exact) mass is 372 g/mol. The SMILES string of the molecule is CC(C)(C)[C@H](c1cccc(Cl)c1Cl)N1CCNCC1.Cl.Cl. The highest BCUT2D eigenvalue weighted by atomic mass is 35.5. The summed E-state index contributed by atoms with van der Waals surface area (Å²) in [6.45, 7) is 10.9. The lowest BCUT2D eigenvalue weighted by Gasteiger charge is -2.43. The van der Waals surface area contributed by atoms with E-state index in [-0.39, 0.29) is 30.2 Å². The summed E-state index contributed by atoms with van der Waals surface area (Å²) in [4.78, 5) is 2.51. The Morgan fingerprint density at radius 3 is 2.19 bits per heavy atom. The van der Waals surface area contributed by atoms with E-state index in [2.05, 4.69) is 37.1 Å². The molecule has 1 aromatic carbocycles. The van der Waals surface area contributed by atoms with Crippen LogP contribution in [0.1, 0.15) is 32.4 Å². The summed E-state index contributed by atoms with van der Waals surface area (Å²) in [5.74, 6) is 0. The number of rotatable bonds is 2. The first-order valence-electron chi connectivity index (χ1n) is 6.80. The van der Waals surface area contributed by atoms with Gasteiger partial charge in [0.1, 0.15) is 0 Å². The summed E-state index contributed by atoms with van der Waals surface area (Å²) in [6.07, 6.45) is 0. The molecule has 1 heterocycles. The molecule has 1 aromatic rings. The second-order valence-corrected chi connectivity index (χ2v) is 6.98. The van der Waals surface area contributed by atoms with Crippen LogP contribution in [0, 0.1) is 5.41 Å². The first kappa shape index (κ1) is 21.3. The molecule has 0 aromatic heterocycles. The predicted octanol–water partition coefficient (Wildman–Crippen LogP) is 4.83. The second kappa shape index (κ2) is 8.81. The van der Waals surface area contributed by atoms with Crippen LogP contribution in [0.5, 0.6) is 0 Å². The van der Waals surface area contributed by atoms with Crippen molar-refractivity contribution < 1.29 is 0 Å². The van der Waals surface area contributed by atoms with E-state index >= 15 is 0 Å². The highest BCUT2D eigenvalue weighted by molar-refractivity contribution is 6.42. The summed E-state index contributed by atoms with van der Waals surface area (Å²) in [5, 5.41) is 4.74. The van der Waals surface area contributed by atoms with Gasteiger partial charge >= 0.3 is 0 Å². The maximum Gasteiger partial charge on any atom is 0.0640 e. The fourth-order valence-electron chi connectivity index (χ4n) is 2.88. The van der Waals surface area contributed by atoms with Gasteiger partial charge in [0.25, 0.3) is 0 Å². The minimum absolute atomic E-state index is 0. The Kier molecular flexibility index (Phi) is 8.93. The van der Waals surface area contributed by atoms with Crippen LogP contribution in [0.15, 0.2) is 18.2 Å². The predicted molar refractivity (Wildman–Crippen MR) is 97.6 cm³/mol. The van der Waals surface area contributed by atoms with Gasteiger partial charge < -0.3 is 5.32 Å². The van der Waals surface area contributed by atoms with Gasteiger partial charge in [-0.2, -0.15) is 0 Å². The van der Waals surface area contributed by atoms with Gasteiger partial charge in [0.2, 0.25) is 0 Å². The first-order valence-corrected chi connectivity index (χ1v) is 7.55. The molecule has 0 spiro atoms. The Bertz CT molecular complexity index is 440. The zero-order valence-corrected chi connectivity index (χ0v) is 15.8. The van der Waals surface area contributed by atoms with Gasteiger partial charge in [-0.1, -0.05) is 56.1 Å². The standard InChI is InChI=1S/C15H22Cl2N2.2ClH/c1-15(2,3)14(19-9-7-18-8-10-19)11-5-4-6-12(16)13(11)17;;/h4-6,14,18H,7-10H2,1-3H3;2*1H/t14-;;/m0../s1. The van der Waals surface area contributed by atoms with Gasteiger partial charge in [0, 0.05) is 32.2 Å². The number of hydrogen-bond donors (Lipinski definition) is 1. The van der Waals surface area contributed by atoms with Crippen LogP contribution in [-0.4, -0.2) is 31.1 Å². The Balaban J connectivity index is 0.00000200. The molecule has 1 aliphatic heterocycles. The van der Waals surface area contributed by atoms with E-state index in [0.717, 1.165) is 31.7 Å². The average molecular weight is 374 g/mol. The Morgan fingerprint density at radius 1 is 1.10 bits per heavy atom. The topological polar surface area (TPSA) is 15.3 Å². The van der Waals surface area contributed by atoms with Crippen molar-refractivity contribution in [1.82, 2.24) is 10.2 Å². The summed E-state index contributed by atoms with van der Waals surface area (Å²) in [7, 11) is 0. The molecule has 21 heavy (non-hydrogen) atoms. The lowest BCUT2D eigenvalue weighted by atomic mass is 9.81. The smallest absolute Gasteiger partial charge is 0.0640 e. The number of halogens is 4. The van der Waals surface area contributed by atoms with Crippen molar-refractivity contribution in [3.63, 3.8) is 0 Å². The lowest BCUT2D eigenvalue weighted by molar-refractivity contribution is 0.0863. The molecule has 0 amide bonds. The molecule has 1 fully saturated rings. The molecule has 2 nitrogen and oxygen atoms in total. The summed E-state index contributed by atoms with van der Waals surface area (Å²) >= 11 is 12.6. The summed E-state index contributed by atoms with van der Waals surface area (Å²) in [6, 6.07) is 6.24. The van der Waals surface area contributed by atoms with Crippen molar-refractivity contribution in [3.8, 4) is 0 Å². The molecule has 1 atom stereocenters. The number of nitrogens with one attached hydrogen (secondary N) is 1. The van der Waals surface area contributed by atoms with Crippen molar-refractivity contribution in [2.75, 3.05) is 26.2 Å². The van der Waals surface area contributed by atoms with E-state index in [1.807, 2.05) is 12.1 Å². The van der Waals surface area contributed by atoms with Crippen molar-refractivity contribution in [1.29, 1.82) is 0 Å². The van der Waals surface area contributed by atoms with Crippen molar-refractivity contribution in [3.05, 3.63) is 33.8 Å². The highest BCUT2D eigenvalue weighted by Crippen LogP contribution is 2.42. The summed E-state index contributed by atoms with van der Waals surface area (Å²) < 4.78 is 0. The molecular formula is C15H24Cl4N2. The van der Waals surface area contributed by atoms with E-state index in [1.165, 1.54) is 0 Å².